The lowest BCUT2D eigenvalue weighted by atomic mass is 10.1. The predicted octanol–water partition coefficient (Wildman–Crippen LogP) is 4.57. The molecule has 0 fully saturated rings. The van der Waals surface area contributed by atoms with E-state index in [4.69, 9.17) is 5.26 Å². The number of para-hydroxylation sites is 1. The lowest BCUT2D eigenvalue weighted by molar-refractivity contribution is 0.102. The Balaban J connectivity index is 1.78. The van der Waals surface area contributed by atoms with Gasteiger partial charge in [-0.15, -0.1) is 0 Å². The first kappa shape index (κ1) is 17.2. The molecule has 2 N–H and O–H groups in total. The third-order valence-corrected chi connectivity index (χ3v) is 4.02. The Bertz CT molecular complexity index is 967. The molecule has 5 heteroatoms. The van der Waals surface area contributed by atoms with E-state index < -0.39 is 0 Å². The summed E-state index contributed by atoms with van der Waals surface area (Å²) in [4.78, 5) is 16.6. The van der Waals surface area contributed by atoms with Crippen LogP contribution in [0.5, 0.6) is 0 Å². The van der Waals surface area contributed by atoms with Crippen molar-refractivity contribution in [1.82, 2.24) is 4.98 Å². The summed E-state index contributed by atoms with van der Waals surface area (Å²) < 4.78 is 0. The topological polar surface area (TPSA) is 77.8 Å². The second-order valence-electron chi connectivity index (χ2n) is 6.00. The smallest absolute Gasteiger partial charge is 0.257 e. The number of nitriles is 1. The molecule has 3 rings (SSSR count). The first-order chi connectivity index (χ1) is 12.6. The van der Waals surface area contributed by atoms with Gasteiger partial charge in [0.1, 0.15) is 0 Å². The molecular formula is C21H18N4O. The quantitative estimate of drug-likeness (QED) is 0.728. The second kappa shape index (κ2) is 7.49. The molecule has 0 aliphatic heterocycles. The van der Waals surface area contributed by atoms with E-state index in [0.29, 0.717) is 16.8 Å². The number of benzene rings is 2. The van der Waals surface area contributed by atoms with Crippen LogP contribution in [0.4, 0.5) is 17.1 Å². The number of carbonyl (C=O) groups is 1. The number of hydrogen-bond donors (Lipinski definition) is 2. The summed E-state index contributed by atoms with van der Waals surface area (Å²) in [6.07, 6.45) is 3.21. The first-order valence-corrected chi connectivity index (χ1v) is 8.16. The average Bonchev–Trinajstić information content (AvgIpc) is 2.66. The lowest BCUT2D eigenvalue weighted by Crippen LogP contribution is -2.12. The Hall–Kier alpha value is -3.65. The Labute approximate surface area is 152 Å². The van der Waals surface area contributed by atoms with E-state index in [2.05, 4.69) is 15.6 Å². The molecule has 1 heterocycles. The number of hydrogen-bond acceptors (Lipinski definition) is 4. The maximum absolute atomic E-state index is 12.5. The zero-order valence-corrected chi connectivity index (χ0v) is 14.6. The van der Waals surface area contributed by atoms with E-state index in [9.17, 15) is 4.79 Å². The number of anilines is 3. The Kier molecular flexibility index (Phi) is 4.95. The van der Waals surface area contributed by atoms with Gasteiger partial charge in [0.2, 0.25) is 0 Å². The molecule has 128 valence electrons. The molecule has 3 aromatic rings. The monoisotopic (exact) mass is 342 g/mol. The number of carbonyl (C=O) groups excluding carboxylic acids is 1. The maximum Gasteiger partial charge on any atom is 0.257 e. The first-order valence-electron chi connectivity index (χ1n) is 8.16. The van der Waals surface area contributed by atoms with Crippen molar-refractivity contribution >= 4 is 23.0 Å². The summed E-state index contributed by atoms with van der Waals surface area (Å²) in [6, 6.07) is 16.6. The van der Waals surface area contributed by atoms with Crippen molar-refractivity contribution in [1.29, 1.82) is 5.26 Å². The Morgan fingerprint density at radius 2 is 1.69 bits per heavy atom. The molecule has 0 unspecified atom stereocenters. The predicted molar refractivity (Wildman–Crippen MR) is 103 cm³/mol. The van der Waals surface area contributed by atoms with Crippen molar-refractivity contribution in [2.45, 2.75) is 13.8 Å². The van der Waals surface area contributed by atoms with Gasteiger partial charge in [-0.05, 0) is 55.3 Å². The highest BCUT2D eigenvalue weighted by Crippen LogP contribution is 2.24. The number of nitrogens with one attached hydrogen (secondary N) is 2. The number of aromatic nitrogens is 1. The highest BCUT2D eigenvalue weighted by atomic mass is 16.1. The number of pyridine rings is 1. The summed E-state index contributed by atoms with van der Waals surface area (Å²) in [5, 5.41) is 15.0. The molecule has 0 spiro atoms. The Morgan fingerprint density at radius 3 is 2.35 bits per heavy atom. The molecule has 0 bridgehead atoms. The minimum absolute atomic E-state index is 0.257. The minimum atomic E-state index is -0.257. The van der Waals surface area contributed by atoms with Crippen molar-refractivity contribution in [2.24, 2.45) is 0 Å². The van der Waals surface area contributed by atoms with Gasteiger partial charge in [0.15, 0.2) is 0 Å². The van der Waals surface area contributed by atoms with Gasteiger partial charge in [-0.3, -0.25) is 9.78 Å². The van der Waals surface area contributed by atoms with Gasteiger partial charge in [0.25, 0.3) is 5.91 Å². The summed E-state index contributed by atoms with van der Waals surface area (Å²) in [5.41, 5.74) is 5.63. The van der Waals surface area contributed by atoms with Crippen molar-refractivity contribution in [3.63, 3.8) is 0 Å². The molecule has 0 aliphatic rings. The molecule has 0 aliphatic carbocycles. The van der Waals surface area contributed by atoms with Crippen molar-refractivity contribution < 1.29 is 4.79 Å². The van der Waals surface area contributed by atoms with E-state index in [0.717, 1.165) is 22.5 Å². The van der Waals surface area contributed by atoms with Crippen LogP contribution in [0, 0.1) is 25.2 Å². The van der Waals surface area contributed by atoms with Crippen LogP contribution >= 0.6 is 0 Å². The highest BCUT2D eigenvalue weighted by Gasteiger charge is 2.09. The number of nitrogens with zero attached hydrogens (tertiary/aromatic N) is 2. The van der Waals surface area contributed by atoms with Gasteiger partial charge in [0, 0.05) is 17.6 Å². The van der Waals surface area contributed by atoms with Gasteiger partial charge in [-0.2, -0.15) is 5.26 Å². The number of rotatable bonds is 4. The fourth-order valence-electron chi connectivity index (χ4n) is 2.62. The fourth-order valence-corrected chi connectivity index (χ4v) is 2.62. The molecule has 0 saturated carbocycles. The lowest BCUT2D eigenvalue weighted by Gasteiger charge is -2.13. The van der Waals surface area contributed by atoms with E-state index in [1.165, 1.54) is 6.20 Å². The van der Waals surface area contributed by atoms with Gasteiger partial charge < -0.3 is 10.6 Å². The van der Waals surface area contributed by atoms with E-state index in [-0.39, 0.29) is 5.91 Å². The zero-order chi connectivity index (χ0) is 18.5. The molecule has 0 atom stereocenters. The number of aryl methyl sites for hydroxylation is 2. The van der Waals surface area contributed by atoms with Gasteiger partial charge in [-0.1, -0.05) is 18.2 Å². The van der Waals surface area contributed by atoms with Crippen LogP contribution in [0.3, 0.4) is 0 Å². The highest BCUT2D eigenvalue weighted by molar-refractivity contribution is 6.04. The van der Waals surface area contributed by atoms with Gasteiger partial charge in [0.05, 0.1) is 29.1 Å². The molecule has 0 saturated heterocycles. The fraction of sp³-hybridized carbons (Fsp3) is 0.0952. The van der Waals surface area contributed by atoms with Gasteiger partial charge in [-0.25, -0.2) is 0 Å². The third-order valence-electron chi connectivity index (χ3n) is 4.02. The summed E-state index contributed by atoms with van der Waals surface area (Å²) >= 11 is 0. The molecule has 5 nitrogen and oxygen atoms in total. The van der Waals surface area contributed by atoms with Crippen LogP contribution in [0.1, 0.15) is 27.0 Å². The van der Waals surface area contributed by atoms with Crippen LogP contribution < -0.4 is 10.6 Å². The standard InChI is InChI=1S/C21H18N4O/c1-14-4-3-5-15(2)20(14)24-19-10-17(12-23-13-19)21(26)25-18-8-6-16(11-22)7-9-18/h3-10,12-13,24H,1-2H3,(H,25,26). The average molecular weight is 342 g/mol. The largest absolute Gasteiger partial charge is 0.354 e. The van der Waals surface area contributed by atoms with Crippen LogP contribution in [0.15, 0.2) is 60.9 Å². The molecule has 0 radical (unpaired) electrons. The van der Waals surface area contributed by atoms with Gasteiger partial charge >= 0.3 is 0 Å². The van der Waals surface area contributed by atoms with Crippen molar-refractivity contribution in [3.05, 3.63) is 83.2 Å². The van der Waals surface area contributed by atoms with Crippen molar-refractivity contribution in [3.8, 4) is 6.07 Å². The van der Waals surface area contributed by atoms with Crippen LogP contribution in [0.2, 0.25) is 0 Å². The normalized spacial score (nSPS) is 10.0. The van der Waals surface area contributed by atoms with Crippen molar-refractivity contribution in [2.75, 3.05) is 10.6 Å². The van der Waals surface area contributed by atoms with E-state index >= 15 is 0 Å². The van der Waals surface area contributed by atoms with E-state index in [1.54, 1.807) is 36.5 Å². The zero-order valence-electron chi connectivity index (χ0n) is 14.6. The summed E-state index contributed by atoms with van der Waals surface area (Å²) in [6.45, 7) is 4.06. The molecule has 2 aromatic carbocycles. The molecule has 1 aromatic heterocycles. The number of amides is 1. The Morgan fingerprint density at radius 1 is 1.00 bits per heavy atom. The van der Waals surface area contributed by atoms with E-state index in [1.807, 2.05) is 38.1 Å². The summed E-state index contributed by atoms with van der Waals surface area (Å²) in [7, 11) is 0. The second-order valence-corrected chi connectivity index (χ2v) is 6.00. The molecular weight excluding hydrogens is 324 g/mol. The third kappa shape index (κ3) is 3.87. The SMILES string of the molecule is Cc1cccc(C)c1Nc1cncc(C(=O)Nc2ccc(C#N)cc2)c1. The van der Waals surface area contributed by atoms with Crippen LogP contribution in [0.25, 0.3) is 0 Å². The molecule has 1 amide bonds. The maximum atomic E-state index is 12.5. The summed E-state index contributed by atoms with van der Waals surface area (Å²) in [5.74, 6) is -0.257. The molecule has 26 heavy (non-hydrogen) atoms. The van der Waals surface area contributed by atoms with Crippen LogP contribution in [-0.4, -0.2) is 10.9 Å². The van der Waals surface area contributed by atoms with Crippen LogP contribution in [-0.2, 0) is 0 Å². The minimum Gasteiger partial charge on any atom is -0.354 e.